The first kappa shape index (κ1) is 14.9. The zero-order chi connectivity index (χ0) is 14.3. The number of anilines is 1. The van der Waals surface area contributed by atoms with Crippen LogP contribution in [0.3, 0.4) is 0 Å². The standard InChI is InChI=1S/C12H17N3O4/c1-15(4-3-5-19-2)12(18)14-10-6-9(11(16)17)7-13-8-10/h6-8H,3-5H2,1-2H3,(H,14,18)(H,16,17). The average Bonchev–Trinajstić information content (AvgIpc) is 2.39. The maximum Gasteiger partial charge on any atom is 0.337 e. The first-order valence-corrected chi connectivity index (χ1v) is 5.74. The van der Waals surface area contributed by atoms with Crippen molar-refractivity contribution in [2.75, 3.05) is 32.6 Å². The van der Waals surface area contributed by atoms with Crippen LogP contribution in [0.2, 0.25) is 0 Å². The van der Waals surface area contributed by atoms with E-state index in [4.69, 9.17) is 9.84 Å². The van der Waals surface area contributed by atoms with E-state index in [1.165, 1.54) is 23.4 Å². The number of urea groups is 1. The van der Waals surface area contributed by atoms with Crippen LogP contribution in [0.25, 0.3) is 0 Å². The van der Waals surface area contributed by atoms with E-state index >= 15 is 0 Å². The number of carboxylic acid groups (broad SMARTS) is 1. The van der Waals surface area contributed by atoms with Crippen LogP contribution >= 0.6 is 0 Å². The van der Waals surface area contributed by atoms with Crippen LogP contribution in [0.4, 0.5) is 10.5 Å². The zero-order valence-corrected chi connectivity index (χ0v) is 10.9. The minimum atomic E-state index is -1.09. The van der Waals surface area contributed by atoms with Crippen LogP contribution in [0.5, 0.6) is 0 Å². The van der Waals surface area contributed by atoms with Crippen molar-refractivity contribution in [2.24, 2.45) is 0 Å². The third kappa shape index (κ3) is 4.92. The topological polar surface area (TPSA) is 91.8 Å². The number of pyridine rings is 1. The highest BCUT2D eigenvalue weighted by Crippen LogP contribution is 2.09. The van der Waals surface area contributed by atoms with Gasteiger partial charge in [-0.25, -0.2) is 9.59 Å². The number of amides is 2. The summed E-state index contributed by atoms with van der Waals surface area (Å²) in [6.07, 6.45) is 3.35. The highest BCUT2D eigenvalue weighted by molar-refractivity contribution is 5.92. The molecule has 19 heavy (non-hydrogen) atoms. The maximum absolute atomic E-state index is 11.8. The summed E-state index contributed by atoms with van der Waals surface area (Å²) in [5.74, 6) is -1.09. The van der Waals surface area contributed by atoms with E-state index in [1.807, 2.05) is 0 Å². The summed E-state index contributed by atoms with van der Waals surface area (Å²) in [5, 5.41) is 11.4. The molecule has 1 aromatic heterocycles. The lowest BCUT2D eigenvalue weighted by atomic mass is 10.2. The normalized spacial score (nSPS) is 10.0. The highest BCUT2D eigenvalue weighted by Gasteiger charge is 2.10. The van der Waals surface area contributed by atoms with Crippen LogP contribution in [0.1, 0.15) is 16.8 Å². The number of nitrogens with zero attached hydrogens (tertiary/aromatic N) is 2. The van der Waals surface area contributed by atoms with Crippen molar-refractivity contribution in [3.63, 3.8) is 0 Å². The van der Waals surface area contributed by atoms with E-state index in [1.54, 1.807) is 14.2 Å². The molecule has 0 saturated heterocycles. The Bertz CT molecular complexity index is 450. The Balaban J connectivity index is 2.56. The Hall–Kier alpha value is -2.15. The smallest absolute Gasteiger partial charge is 0.337 e. The van der Waals surface area contributed by atoms with Crippen molar-refractivity contribution in [3.05, 3.63) is 24.0 Å². The fourth-order valence-corrected chi connectivity index (χ4v) is 1.39. The van der Waals surface area contributed by atoms with Gasteiger partial charge in [0, 0.05) is 33.5 Å². The lowest BCUT2D eigenvalue weighted by Gasteiger charge is -2.17. The predicted molar refractivity (Wildman–Crippen MR) is 69.3 cm³/mol. The molecular weight excluding hydrogens is 250 g/mol. The van der Waals surface area contributed by atoms with Gasteiger partial charge in [-0.3, -0.25) is 4.98 Å². The number of nitrogens with one attached hydrogen (secondary N) is 1. The van der Waals surface area contributed by atoms with Gasteiger partial charge in [0.15, 0.2) is 0 Å². The molecule has 0 spiro atoms. The van der Waals surface area contributed by atoms with E-state index in [-0.39, 0.29) is 11.6 Å². The summed E-state index contributed by atoms with van der Waals surface area (Å²) >= 11 is 0. The summed E-state index contributed by atoms with van der Waals surface area (Å²) in [7, 11) is 3.25. The van der Waals surface area contributed by atoms with Crippen LogP contribution in [-0.2, 0) is 4.74 Å². The highest BCUT2D eigenvalue weighted by atomic mass is 16.5. The summed E-state index contributed by atoms with van der Waals surface area (Å²) in [5.41, 5.74) is 0.378. The van der Waals surface area contributed by atoms with Crippen molar-refractivity contribution in [1.29, 1.82) is 0 Å². The van der Waals surface area contributed by atoms with E-state index in [0.29, 0.717) is 18.8 Å². The Morgan fingerprint density at radius 2 is 2.21 bits per heavy atom. The number of rotatable bonds is 6. The Morgan fingerprint density at radius 3 is 2.84 bits per heavy atom. The molecule has 0 saturated carbocycles. The Morgan fingerprint density at radius 1 is 1.47 bits per heavy atom. The molecule has 0 aliphatic carbocycles. The molecular formula is C12H17N3O4. The van der Waals surface area contributed by atoms with E-state index in [0.717, 1.165) is 6.42 Å². The van der Waals surface area contributed by atoms with Gasteiger partial charge in [0.2, 0.25) is 0 Å². The van der Waals surface area contributed by atoms with Crippen molar-refractivity contribution < 1.29 is 19.4 Å². The molecule has 104 valence electrons. The largest absolute Gasteiger partial charge is 0.478 e. The monoisotopic (exact) mass is 267 g/mol. The molecule has 2 amide bonds. The van der Waals surface area contributed by atoms with E-state index in [2.05, 4.69) is 10.3 Å². The number of aromatic nitrogens is 1. The maximum atomic E-state index is 11.8. The van der Waals surface area contributed by atoms with Crippen LogP contribution in [0, 0.1) is 0 Å². The molecule has 1 aromatic rings. The summed E-state index contributed by atoms with van der Waals surface area (Å²) in [4.78, 5) is 27.8. The molecule has 0 atom stereocenters. The number of carbonyl (C=O) groups excluding carboxylic acids is 1. The van der Waals surface area contributed by atoms with Gasteiger partial charge >= 0.3 is 12.0 Å². The van der Waals surface area contributed by atoms with Gasteiger partial charge in [-0.1, -0.05) is 0 Å². The van der Waals surface area contributed by atoms with Gasteiger partial charge in [0.25, 0.3) is 0 Å². The molecule has 0 aromatic carbocycles. The number of carboxylic acids is 1. The second-order valence-corrected chi connectivity index (χ2v) is 3.97. The number of ether oxygens (including phenoxy) is 1. The van der Waals surface area contributed by atoms with Crippen molar-refractivity contribution in [2.45, 2.75) is 6.42 Å². The van der Waals surface area contributed by atoms with Gasteiger partial charge in [-0.05, 0) is 12.5 Å². The van der Waals surface area contributed by atoms with Crippen LogP contribution in [0.15, 0.2) is 18.5 Å². The lowest BCUT2D eigenvalue weighted by Crippen LogP contribution is -2.32. The first-order valence-electron chi connectivity index (χ1n) is 5.74. The van der Waals surface area contributed by atoms with Crippen LogP contribution < -0.4 is 5.32 Å². The predicted octanol–water partition coefficient (Wildman–Crippen LogP) is 1.28. The summed E-state index contributed by atoms with van der Waals surface area (Å²) in [6, 6.07) is 1.04. The summed E-state index contributed by atoms with van der Waals surface area (Å²) in [6.45, 7) is 1.12. The molecule has 2 N–H and O–H groups in total. The fourth-order valence-electron chi connectivity index (χ4n) is 1.39. The second kappa shape index (κ2) is 7.32. The summed E-state index contributed by atoms with van der Waals surface area (Å²) < 4.78 is 4.90. The first-order chi connectivity index (χ1) is 9.04. The van der Waals surface area contributed by atoms with Crippen LogP contribution in [-0.4, -0.2) is 54.3 Å². The van der Waals surface area contributed by atoms with Gasteiger partial charge in [0.1, 0.15) is 0 Å². The molecule has 7 heteroatoms. The number of carbonyl (C=O) groups is 2. The second-order valence-electron chi connectivity index (χ2n) is 3.97. The third-order valence-corrected chi connectivity index (χ3v) is 2.43. The number of hydrogen-bond donors (Lipinski definition) is 2. The molecule has 0 aliphatic heterocycles. The minimum absolute atomic E-state index is 0.0276. The van der Waals surface area contributed by atoms with E-state index in [9.17, 15) is 9.59 Å². The van der Waals surface area contributed by atoms with Crippen molar-refractivity contribution >= 4 is 17.7 Å². The lowest BCUT2D eigenvalue weighted by molar-refractivity contribution is 0.0696. The SMILES string of the molecule is COCCCN(C)C(=O)Nc1cncc(C(=O)O)c1. The Kier molecular flexibility index (Phi) is 5.74. The Labute approximate surface area is 111 Å². The van der Waals surface area contributed by atoms with Gasteiger partial charge in [-0.2, -0.15) is 0 Å². The van der Waals surface area contributed by atoms with Crippen molar-refractivity contribution in [3.8, 4) is 0 Å². The van der Waals surface area contributed by atoms with Gasteiger partial charge in [-0.15, -0.1) is 0 Å². The van der Waals surface area contributed by atoms with Gasteiger partial charge < -0.3 is 20.1 Å². The molecule has 7 nitrogen and oxygen atoms in total. The molecule has 0 unspecified atom stereocenters. The molecule has 0 radical (unpaired) electrons. The third-order valence-electron chi connectivity index (χ3n) is 2.43. The van der Waals surface area contributed by atoms with Crippen molar-refractivity contribution in [1.82, 2.24) is 9.88 Å². The average molecular weight is 267 g/mol. The molecule has 0 fully saturated rings. The molecule has 1 heterocycles. The zero-order valence-electron chi connectivity index (χ0n) is 10.9. The molecule has 1 rings (SSSR count). The molecule has 0 aliphatic rings. The van der Waals surface area contributed by atoms with Gasteiger partial charge in [0.05, 0.1) is 17.4 Å². The number of methoxy groups -OCH3 is 1. The number of aromatic carboxylic acids is 1. The quantitative estimate of drug-likeness (QED) is 0.757. The number of hydrogen-bond acceptors (Lipinski definition) is 4. The fraction of sp³-hybridized carbons (Fsp3) is 0.417. The van der Waals surface area contributed by atoms with E-state index < -0.39 is 5.97 Å². The minimum Gasteiger partial charge on any atom is -0.478 e. The molecule has 0 bridgehead atoms.